The van der Waals surface area contributed by atoms with Crippen molar-refractivity contribution in [2.45, 2.75) is 45.8 Å². The maximum absolute atomic E-state index is 12.2. The smallest absolute Gasteiger partial charge is 0.326 e. The Morgan fingerprint density at radius 3 is 2.50 bits per heavy atom. The molecule has 0 aliphatic heterocycles. The van der Waals surface area contributed by atoms with Gasteiger partial charge in [-0.2, -0.15) is 0 Å². The maximum Gasteiger partial charge on any atom is 0.326 e. The second-order valence-corrected chi connectivity index (χ2v) is 6.95. The molecular formula is C16H22BrNO4. The number of hydrogen-bond donors (Lipinski definition) is 2. The van der Waals surface area contributed by atoms with Crippen LogP contribution in [0.25, 0.3) is 0 Å². The van der Waals surface area contributed by atoms with Crippen LogP contribution in [0.4, 0.5) is 0 Å². The normalized spacial score (nSPS) is 12.8. The van der Waals surface area contributed by atoms with Crippen molar-refractivity contribution in [2.24, 2.45) is 0 Å². The van der Waals surface area contributed by atoms with E-state index >= 15 is 0 Å². The molecule has 5 nitrogen and oxygen atoms in total. The molecule has 2 N–H and O–H groups in total. The highest BCUT2D eigenvalue weighted by Crippen LogP contribution is 2.18. The predicted molar refractivity (Wildman–Crippen MR) is 88.1 cm³/mol. The van der Waals surface area contributed by atoms with Gasteiger partial charge in [-0.1, -0.05) is 6.07 Å². The number of carbonyl (C=O) groups excluding carboxylic acids is 1. The summed E-state index contributed by atoms with van der Waals surface area (Å²) < 4.78 is 6.15. The summed E-state index contributed by atoms with van der Waals surface area (Å²) in [5, 5.41) is 11.8. The van der Waals surface area contributed by atoms with Crippen LogP contribution in [0.15, 0.2) is 22.7 Å². The fourth-order valence-electron chi connectivity index (χ4n) is 1.78. The first-order valence-corrected chi connectivity index (χ1v) is 7.83. The van der Waals surface area contributed by atoms with Crippen molar-refractivity contribution in [3.05, 3.63) is 33.8 Å². The van der Waals surface area contributed by atoms with Gasteiger partial charge in [0.05, 0.1) is 11.2 Å². The monoisotopic (exact) mass is 371 g/mol. The fraction of sp³-hybridized carbons (Fsp3) is 0.500. The minimum absolute atomic E-state index is 0.210. The largest absolute Gasteiger partial charge is 0.480 e. The van der Waals surface area contributed by atoms with Crippen LogP contribution in [0.2, 0.25) is 0 Å². The van der Waals surface area contributed by atoms with Gasteiger partial charge in [0.25, 0.3) is 5.91 Å². The van der Waals surface area contributed by atoms with E-state index in [0.717, 1.165) is 5.56 Å². The molecule has 1 aromatic rings. The number of carboxylic acids is 1. The summed E-state index contributed by atoms with van der Waals surface area (Å²) in [5.74, 6) is -1.50. The summed E-state index contributed by atoms with van der Waals surface area (Å²) in [6.07, 6.45) is 0.210. The summed E-state index contributed by atoms with van der Waals surface area (Å²) in [5.41, 5.74) is 1.08. The van der Waals surface area contributed by atoms with Gasteiger partial charge in [0, 0.05) is 17.5 Å². The lowest BCUT2D eigenvalue weighted by molar-refractivity contribution is -0.140. The average molecular weight is 372 g/mol. The van der Waals surface area contributed by atoms with Crippen LogP contribution in [-0.2, 0) is 9.53 Å². The molecule has 1 aromatic carbocycles. The highest BCUT2D eigenvalue weighted by atomic mass is 79.9. The topological polar surface area (TPSA) is 75.6 Å². The van der Waals surface area contributed by atoms with Crippen molar-refractivity contribution in [3.63, 3.8) is 0 Å². The molecule has 1 atom stereocenters. The third kappa shape index (κ3) is 6.15. The van der Waals surface area contributed by atoms with Gasteiger partial charge >= 0.3 is 5.97 Å². The van der Waals surface area contributed by atoms with Gasteiger partial charge in [0.15, 0.2) is 0 Å². The number of ether oxygens (including phenoxy) is 1. The Morgan fingerprint density at radius 2 is 2.00 bits per heavy atom. The van der Waals surface area contributed by atoms with E-state index in [1.165, 1.54) is 0 Å². The van der Waals surface area contributed by atoms with Gasteiger partial charge in [-0.15, -0.1) is 0 Å². The van der Waals surface area contributed by atoms with Gasteiger partial charge in [-0.25, -0.2) is 4.79 Å². The van der Waals surface area contributed by atoms with Crippen molar-refractivity contribution >= 4 is 27.8 Å². The lowest BCUT2D eigenvalue weighted by Gasteiger charge is -2.21. The maximum atomic E-state index is 12.2. The Bertz CT molecular complexity index is 552. The molecule has 0 aliphatic rings. The summed E-state index contributed by atoms with van der Waals surface area (Å²) in [6.45, 7) is 7.85. The molecule has 6 heteroatoms. The van der Waals surface area contributed by atoms with Crippen LogP contribution in [0, 0.1) is 6.92 Å². The summed E-state index contributed by atoms with van der Waals surface area (Å²) in [4.78, 5) is 23.5. The number of carboxylic acid groups (broad SMARTS) is 1. The van der Waals surface area contributed by atoms with Gasteiger partial charge in [-0.05, 0) is 61.3 Å². The minimum Gasteiger partial charge on any atom is -0.480 e. The van der Waals surface area contributed by atoms with E-state index < -0.39 is 17.9 Å². The van der Waals surface area contributed by atoms with Crippen molar-refractivity contribution in [1.29, 1.82) is 0 Å². The SMILES string of the molecule is Cc1ccc(C(=O)NC(CCOC(C)(C)C)C(=O)O)c(Br)c1. The second-order valence-electron chi connectivity index (χ2n) is 6.10. The zero-order chi connectivity index (χ0) is 16.9. The zero-order valence-electron chi connectivity index (χ0n) is 13.3. The zero-order valence-corrected chi connectivity index (χ0v) is 14.9. The molecule has 0 bridgehead atoms. The van der Waals surface area contributed by atoms with Crippen LogP contribution >= 0.6 is 15.9 Å². The van der Waals surface area contributed by atoms with Crippen LogP contribution in [-0.4, -0.2) is 35.2 Å². The van der Waals surface area contributed by atoms with Gasteiger partial charge in [0.2, 0.25) is 0 Å². The Balaban J connectivity index is 2.70. The minimum atomic E-state index is -1.07. The number of nitrogens with one attached hydrogen (secondary N) is 1. The number of rotatable bonds is 6. The molecule has 1 unspecified atom stereocenters. The molecule has 22 heavy (non-hydrogen) atoms. The van der Waals surface area contributed by atoms with E-state index in [1.807, 2.05) is 33.8 Å². The van der Waals surface area contributed by atoms with Crippen LogP contribution < -0.4 is 5.32 Å². The lowest BCUT2D eigenvalue weighted by atomic mass is 10.1. The third-order valence-electron chi connectivity index (χ3n) is 2.91. The fourth-order valence-corrected chi connectivity index (χ4v) is 2.45. The van der Waals surface area contributed by atoms with Crippen molar-refractivity contribution in [3.8, 4) is 0 Å². The first-order chi connectivity index (χ1) is 10.1. The van der Waals surface area contributed by atoms with E-state index in [-0.39, 0.29) is 18.6 Å². The molecule has 122 valence electrons. The number of hydrogen-bond acceptors (Lipinski definition) is 3. The first-order valence-electron chi connectivity index (χ1n) is 7.04. The number of aliphatic carboxylic acids is 1. The Labute approximate surface area is 139 Å². The van der Waals surface area contributed by atoms with Gasteiger partial charge in [0.1, 0.15) is 6.04 Å². The Morgan fingerprint density at radius 1 is 1.36 bits per heavy atom. The second kappa shape index (κ2) is 7.74. The number of amides is 1. The number of halogens is 1. The average Bonchev–Trinajstić information content (AvgIpc) is 2.35. The van der Waals surface area contributed by atoms with Crippen molar-refractivity contribution in [1.82, 2.24) is 5.32 Å². The van der Waals surface area contributed by atoms with E-state index in [2.05, 4.69) is 21.2 Å². The van der Waals surface area contributed by atoms with Crippen molar-refractivity contribution < 1.29 is 19.4 Å². The van der Waals surface area contributed by atoms with E-state index in [4.69, 9.17) is 4.74 Å². The molecule has 1 amide bonds. The number of aryl methyl sites for hydroxylation is 1. The predicted octanol–water partition coefficient (Wildman–Crippen LogP) is 3.15. The molecule has 0 spiro atoms. The molecule has 0 fully saturated rings. The molecule has 1 rings (SSSR count). The highest BCUT2D eigenvalue weighted by molar-refractivity contribution is 9.10. The van der Waals surface area contributed by atoms with Crippen LogP contribution in [0.5, 0.6) is 0 Å². The first kappa shape index (κ1) is 18.6. The third-order valence-corrected chi connectivity index (χ3v) is 3.57. The summed E-state index contributed by atoms with van der Waals surface area (Å²) in [7, 11) is 0. The molecular weight excluding hydrogens is 350 g/mol. The molecule has 0 saturated heterocycles. The molecule has 0 aliphatic carbocycles. The molecule has 0 radical (unpaired) electrons. The quantitative estimate of drug-likeness (QED) is 0.805. The number of benzene rings is 1. The Kier molecular flexibility index (Phi) is 6.56. The van der Waals surface area contributed by atoms with Gasteiger partial charge in [-0.3, -0.25) is 4.79 Å². The highest BCUT2D eigenvalue weighted by Gasteiger charge is 2.22. The van der Waals surface area contributed by atoms with Crippen LogP contribution in [0.3, 0.4) is 0 Å². The summed E-state index contributed by atoms with van der Waals surface area (Å²) in [6, 6.07) is 4.30. The standard InChI is InChI=1S/C16H22BrNO4/c1-10-5-6-11(12(17)9-10)14(19)18-13(15(20)21)7-8-22-16(2,3)4/h5-6,9,13H,7-8H2,1-4H3,(H,18,19)(H,20,21). The van der Waals surface area contributed by atoms with E-state index in [1.54, 1.807) is 12.1 Å². The van der Waals surface area contributed by atoms with Crippen LogP contribution in [0.1, 0.15) is 43.1 Å². The van der Waals surface area contributed by atoms with E-state index in [9.17, 15) is 14.7 Å². The van der Waals surface area contributed by atoms with Gasteiger partial charge < -0.3 is 15.2 Å². The summed E-state index contributed by atoms with van der Waals surface area (Å²) >= 11 is 3.32. The lowest BCUT2D eigenvalue weighted by Crippen LogP contribution is -2.42. The molecule has 0 heterocycles. The number of carbonyl (C=O) groups is 2. The Hall–Kier alpha value is -1.40. The van der Waals surface area contributed by atoms with Crippen molar-refractivity contribution in [2.75, 3.05) is 6.61 Å². The van der Waals surface area contributed by atoms with E-state index in [0.29, 0.717) is 10.0 Å². The molecule has 0 aromatic heterocycles. The molecule has 0 saturated carbocycles.